The number of benzene rings is 1. The van der Waals surface area contributed by atoms with E-state index in [0.29, 0.717) is 12.0 Å². The number of likely N-dealkylation sites (N-methyl/N-ethyl adjacent to an activating group) is 1. The van der Waals surface area contributed by atoms with Crippen molar-refractivity contribution in [3.8, 4) is 5.75 Å². The van der Waals surface area contributed by atoms with Crippen LogP contribution in [0.3, 0.4) is 0 Å². The van der Waals surface area contributed by atoms with Crippen LogP contribution in [-0.2, 0) is 0 Å². The average molecular weight is 533 g/mol. The zero-order valence-corrected chi connectivity index (χ0v) is 25.0. The van der Waals surface area contributed by atoms with E-state index in [1.54, 1.807) is 7.11 Å². The molecule has 1 saturated carbocycles. The van der Waals surface area contributed by atoms with Gasteiger partial charge in [-0.2, -0.15) is 4.98 Å². The highest BCUT2D eigenvalue weighted by Gasteiger charge is 2.38. The van der Waals surface area contributed by atoms with Crippen LogP contribution in [0.15, 0.2) is 43.3 Å². The van der Waals surface area contributed by atoms with Crippen LogP contribution in [0.5, 0.6) is 5.75 Å². The molecule has 1 N–H and O–H groups in total. The molecule has 2 aliphatic heterocycles. The lowest BCUT2D eigenvalue weighted by Crippen LogP contribution is -2.50. The van der Waals surface area contributed by atoms with Crippen molar-refractivity contribution in [3.05, 3.63) is 48.8 Å². The van der Waals surface area contributed by atoms with Gasteiger partial charge in [0, 0.05) is 18.8 Å². The molecule has 1 aromatic carbocycles. The molecule has 5 rings (SSSR count). The fourth-order valence-corrected chi connectivity index (χ4v) is 5.90. The van der Waals surface area contributed by atoms with Crippen LogP contribution in [-0.4, -0.2) is 61.2 Å². The molecule has 3 heterocycles. The molecule has 0 bridgehead atoms. The number of nitrogens with zero attached hydrogens (tertiary/aromatic N) is 5. The summed E-state index contributed by atoms with van der Waals surface area (Å²) in [5.74, 6) is 3.28. The molecule has 2 aromatic rings. The van der Waals surface area contributed by atoms with Crippen molar-refractivity contribution in [1.82, 2.24) is 14.9 Å². The number of hydrogen-bond acceptors (Lipinski definition) is 7. The lowest BCUT2D eigenvalue weighted by Gasteiger charge is -2.46. The summed E-state index contributed by atoms with van der Waals surface area (Å²) in [7, 11) is 5.93. The predicted octanol–water partition coefficient (Wildman–Crippen LogP) is 7.10. The van der Waals surface area contributed by atoms with E-state index in [9.17, 15) is 0 Å². The highest BCUT2D eigenvalue weighted by Crippen LogP contribution is 2.43. The van der Waals surface area contributed by atoms with Gasteiger partial charge in [-0.3, -0.25) is 0 Å². The number of piperidine rings is 1. The number of anilines is 4. The van der Waals surface area contributed by atoms with Crippen molar-refractivity contribution in [1.29, 1.82) is 0 Å². The molecular formula is C32H48N6O. The first-order chi connectivity index (χ1) is 18.7. The summed E-state index contributed by atoms with van der Waals surface area (Å²) in [5, 5.41) is 3.37. The van der Waals surface area contributed by atoms with Gasteiger partial charge in [0.2, 0.25) is 5.95 Å². The second kappa shape index (κ2) is 12.9. The Morgan fingerprint density at radius 3 is 2.41 bits per heavy atom. The van der Waals surface area contributed by atoms with E-state index < -0.39 is 0 Å². The second-order valence-electron chi connectivity index (χ2n) is 11.5. The first-order valence-corrected chi connectivity index (χ1v) is 14.6. The van der Waals surface area contributed by atoms with Crippen LogP contribution >= 0.6 is 0 Å². The zero-order chi connectivity index (χ0) is 28.1. The predicted molar refractivity (Wildman–Crippen MR) is 165 cm³/mol. The number of likely N-dealkylation sites (tertiary alicyclic amines) is 1. The van der Waals surface area contributed by atoms with Gasteiger partial charge in [0.05, 0.1) is 25.0 Å². The van der Waals surface area contributed by atoms with Crippen LogP contribution in [0.4, 0.5) is 23.1 Å². The Hall–Kier alpha value is -3.06. The molecule has 2 fully saturated rings. The summed E-state index contributed by atoms with van der Waals surface area (Å²) in [4.78, 5) is 16.7. The molecule has 0 unspecified atom stereocenters. The van der Waals surface area contributed by atoms with Crippen LogP contribution < -0.4 is 19.9 Å². The monoisotopic (exact) mass is 532 g/mol. The van der Waals surface area contributed by atoms with Gasteiger partial charge >= 0.3 is 0 Å². The first kappa shape index (κ1) is 28.9. The minimum atomic E-state index is 0.257. The minimum absolute atomic E-state index is 0.257. The normalized spacial score (nSPS) is 20.4. The molecule has 0 spiro atoms. The third-order valence-electron chi connectivity index (χ3n) is 8.56. The number of ether oxygens (including phenoxy) is 1. The molecule has 7 nitrogen and oxygen atoms in total. The molecule has 1 aliphatic carbocycles. The van der Waals surface area contributed by atoms with E-state index >= 15 is 0 Å². The van der Waals surface area contributed by atoms with Crippen molar-refractivity contribution < 1.29 is 4.74 Å². The quantitative estimate of drug-likeness (QED) is 0.426. The minimum Gasteiger partial charge on any atom is -0.495 e. The average Bonchev–Trinajstić information content (AvgIpc) is 3.47. The van der Waals surface area contributed by atoms with Crippen molar-refractivity contribution in [2.75, 3.05) is 49.4 Å². The number of aromatic nitrogens is 2. The van der Waals surface area contributed by atoms with E-state index in [4.69, 9.17) is 9.72 Å². The number of hydrogen-bond donors (Lipinski definition) is 1. The Morgan fingerprint density at radius 2 is 1.82 bits per heavy atom. The molecule has 39 heavy (non-hydrogen) atoms. The van der Waals surface area contributed by atoms with Crippen molar-refractivity contribution in [2.24, 2.45) is 5.92 Å². The van der Waals surface area contributed by atoms with E-state index in [0.717, 1.165) is 52.1 Å². The molecule has 1 saturated heterocycles. The Balaban J connectivity index is 0.000000379. The Morgan fingerprint density at radius 1 is 1.13 bits per heavy atom. The third-order valence-corrected chi connectivity index (χ3v) is 8.56. The molecule has 3 aliphatic rings. The molecule has 0 amide bonds. The summed E-state index contributed by atoms with van der Waals surface area (Å²) in [6.45, 7) is 17.6. The fourth-order valence-electron chi connectivity index (χ4n) is 5.90. The number of rotatable bonds is 6. The summed E-state index contributed by atoms with van der Waals surface area (Å²) < 4.78 is 5.60. The smallest absolute Gasteiger partial charge is 0.229 e. The molecule has 7 heteroatoms. The van der Waals surface area contributed by atoms with Gasteiger partial charge in [0.1, 0.15) is 11.4 Å². The SMILES string of the molecule is C=C(C)c1ccc(Nc2ncc3c(n2)N(C2CCCC2)[C@H](CC)C(=C)N3C)c(OC)c1.CC1CCN(C)CC1. The molecule has 1 atom stereocenters. The lowest BCUT2D eigenvalue weighted by atomic mass is 10.00. The molecular weight excluding hydrogens is 484 g/mol. The third kappa shape index (κ3) is 6.57. The number of fused-ring (bicyclic) bond motifs is 1. The fraction of sp³-hybridized carbons (Fsp3) is 0.562. The van der Waals surface area contributed by atoms with Gasteiger partial charge in [-0.15, -0.1) is 0 Å². The zero-order valence-electron chi connectivity index (χ0n) is 25.0. The second-order valence-corrected chi connectivity index (χ2v) is 11.5. The largest absolute Gasteiger partial charge is 0.495 e. The Kier molecular flexibility index (Phi) is 9.54. The first-order valence-electron chi connectivity index (χ1n) is 14.6. The van der Waals surface area contributed by atoms with E-state index in [2.05, 4.69) is 66.1 Å². The topological polar surface area (TPSA) is 56.8 Å². The van der Waals surface area contributed by atoms with Gasteiger partial charge in [-0.25, -0.2) is 4.98 Å². The summed E-state index contributed by atoms with van der Waals surface area (Å²) >= 11 is 0. The van der Waals surface area contributed by atoms with Gasteiger partial charge in [-0.05, 0) is 82.8 Å². The van der Waals surface area contributed by atoms with Crippen LogP contribution in [0.1, 0.15) is 71.3 Å². The maximum Gasteiger partial charge on any atom is 0.229 e. The molecule has 0 radical (unpaired) electrons. The lowest BCUT2D eigenvalue weighted by molar-refractivity contribution is 0.230. The number of methoxy groups -OCH3 is 1. The number of allylic oxidation sites excluding steroid dienone is 1. The van der Waals surface area contributed by atoms with Gasteiger partial charge in [-0.1, -0.05) is 51.5 Å². The summed E-state index contributed by atoms with van der Waals surface area (Å²) in [6.07, 6.45) is 10.7. The van der Waals surface area contributed by atoms with Crippen molar-refractivity contribution in [3.63, 3.8) is 0 Å². The Bertz CT molecular complexity index is 1140. The Labute approximate surface area is 236 Å². The van der Waals surface area contributed by atoms with Gasteiger partial charge in [0.15, 0.2) is 5.82 Å². The summed E-state index contributed by atoms with van der Waals surface area (Å²) in [6, 6.07) is 6.76. The molecule has 1 aromatic heterocycles. The van der Waals surface area contributed by atoms with Gasteiger partial charge < -0.3 is 24.8 Å². The summed E-state index contributed by atoms with van der Waals surface area (Å²) in [5.41, 5.74) is 5.00. The van der Waals surface area contributed by atoms with E-state index in [-0.39, 0.29) is 6.04 Å². The highest BCUT2D eigenvalue weighted by atomic mass is 16.5. The van der Waals surface area contributed by atoms with Crippen LogP contribution in [0.2, 0.25) is 0 Å². The standard InChI is InChI=1S/C25H33N5O.C7H15N/c1-7-21-17(4)29(5)22-15-26-25(28-24(22)30(21)19-10-8-9-11-19)27-20-13-12-18(16(2)3)14-23(20)31-6;1-7-3-5-8(2)6-4-7/h12-15,19,21H,2,4,7-11H2,1,3,5-6H3,(H,26,27,28);7H,3-6H2,1-2H3/t21-;/m1./s1. The van der Waals surface area contributed by atoms with Crippen LogP contribution in [0.25, 0.3) is 5.57 Å². The number of nitrogens with one attached hydrogen (secondary N) is 1. The van der Waals surface area contributed by atoms with E-state index in [1.807, 2.05) is 31.3 Å². The highest BCUT2D eigenvalue weighted by molar-refractivity contribution is 5.76. The maximum absolute atomic E-state index is 5.60. The van der Waals surface area contributed by atoms with Crippen LogP contribution in [0, 0.1) is 5.92 Å². The molecule has 212 valence electrons. The van der Waals surface area contributed by atoms with E-state index in [1.165, 1.54) is 51.6 Å². The van der Waals surface area contributed by atoms with Crippen molar-refractivity contribution in [2.45, 2.75) is 77.8 Å². The van der Waals surface area contributed by atoms with Gasteiger partial charge in [0.25, 0.3) is 0 Å². The van der Waals surface area contributed by atoms with Crippen molar-refractivity contribution >= 4 is 28.7 Å². The maximum atomic E-state index is 5.60.